The number of hydrogen-bond donors (Lipinski definition) is 0. The van der Waals surface area contributed by atoms with E-state index in [9.17, 15) is 9.18 Å². The number of aromatic nitrogens is 2. The summed E-state index contributed by atoms with van der Waals surface area (Å²) in [5.74, 6) is -0.481. The third kappa shape index (κ3) is 4.84. The van der Waals surface area contributed by atoms with Gasteiger partial charge in [-0.05, 0) is 26.0 Å². The summed E-state index contributed by atoms with van der Waals surface area (Å²) in [4.78, 5) is 26.5. The van der Waals surface area contributed by atoms with Crippen molar-refractivity contribution in [2.24, 2.45) is 4.99 Å². The topological polar surface area (TPSA) is 67.7 Å². The maximum absolute atomic E-state index is 13.1. The molecule has 0 radical (unpaired) electrons. The fourth-order valence-electron chi connectivity index (χ4n) is 1.73. The molecule has 0 atom stereocenters. The Morgan fingerprint density at radius 1 is 1.46 bits per heavy atom. The van der Waals surface area contributed by atoms with Gasteiger partial charge in [0.05, 0.1) is 18.2 Å². The Labute approximate surface area is 140 Å². The van der Waals surface area contributed by atoms with E-state index in [1.54, 1.807) is 19.3 Å². The monoisotopic (exact) mass is 330 g/mol. The molecule has 1 aromatic heterocycles. The van der Waals surface area contributed by atoms with Crippen molar-refractivity contribution in [1.82, 2.24) is 14.9 Å². The van der Waals surface area contributed by atoms with Crippen molar-refractivity contribution in [1.29, 1.82) is 0 Å². The van der Waals surface area contributed by atoms with E-state index in [1.165, 1.54) is 24.4 Å². The lowest BCUT2D eigenvalue weighted by Gasteiger charge is -2.09. The molecule has 0 bridgehead atoms. The van der Waals surface area contributed by atoms with Crippen LogP contribution in [0.15, 0.2) is 35.5 Å². The third-order valence-electron chi connectivity index (χ3n) is 3.26. The molecule has 6 nitrogen and oxygen atoms in total. The molecule has 0 N–H and O–H groups in total. The van der Waals surface area contributed by atoms with Gasteiger partial charge in [0.2, 0.25) is 5.78 Å². The zero-order valence-corrected chi connectivity index (χ0v) is 13.9. The molecule has 0 saturated carbocycles. The van der Waals surface area contributed by atoms with Crippen LogP contribution in [0.25, 0.3) is 0 Å². The molecule has 0 fully saturated rings. The summed E-state index contributed by atoms with van der Waals surface area (Å²) >= 11 is 0. The fourth-order valence-corrected chi connectivity index (χ4v) is 1.73. The van der Waals surface area contributed by atoms with Crippen LogP contribution in [0.4, 0.5) is 10.1 Å². The first kappa shape index (κ1) is 17.5. The fraction of sp³-hybridized carbons (Fsp3) is 0.294. The molecule has 0 unspecified atom stereocenters. The van der Waals surface area contributed by atoms with E-state index in [4.69, 9.17) is 4.74 Å². The van der Waals surface area contributed by atoms with Crippen molar-refractivity contribution in [3.8, 4) is 5.75 Å². The van der Waals surface area contributed by atoms with Gasteiger partial charge in [0.15, 0.2) is 12.4 Å². The molecule has 0 aliphatic carbocycles. The number of aryl methyl sites for hydroxylation is 1. The van der Waals surface area contributed by atoms with Crippen LogP contribution >= 0.6 is 0 Å². The Kier molecular flexibility index (Phi) is 5.95. The van der Waals surface area contributed by atoms with E-state index in [2.05, 4.69) is 15.0 Å². The van der Waals surface area contributed by atoms with Crippen LogP contribution in [0.1, 0.15) is 23.2 Å². The minimum Gasteiger partial charge on any atom is -0.485 e. The molecule has 24 heavy (non-hydrogen) atoms. The molecule has 0 amide bonds. The second kappa shape index (κ2) is 8.14. The molecule has 2 aromatic rings. The summed E-state index contributed by atoms with van der Waals surface area (Å²) in [6.45, 7) is 4.34. The highest BCUT2D eigenvalue weighted by Gasteiger charge is 2.12. The van der Waals surface area contributed by atoms with Gasteiger partial charge in [-0.25, -0.2) is 19.4 Å². The van der Waals surface area contributed by atoms with Crippen molar-refractivity contribution in [2.75, 3.05) is 20.2 Å². The standard InChI is InChI=1S/C17H19FN4O2/c1-4-22(3)11-20-15-9-19-17(21-12(15)2)16(23)10-24-14-7-5-6-13(18)8-14/h5-9,11H,4,10H2,1-3H3. The SMILES string of the molecule is CCN(C)C=Nc1cnc(C(=O)COc2cccc(F)c2)nc1C. The van der Waals surface area contributed by atoms with Gasteiger partial charge in [-0.2, -0.15) is 0 Å². The highest BCUT2D eigenvalue weighted by molar-refractivity contribution is 5.93. The van der Waals surface area contributed by atoms with Crippen molar-refractivity contribution in [3.63, 3.8) is 0 Å². The lowest BCUT2D eigenvalue weighted by atomic mass is 10.3. The van der Waals surface area contributed by atoms with Gasteiger partial charge in [0.25, 0.3) is 0 Å². The molecule has 7 heteroatoms. The lowest BCUT2D eigenvalue weighted by Crippen LogP contribution is -2.16. The molecule has 0 spiro atoms. The van der Waals surface area contributed by atoms with E-state index >= 15 is 0 Å². The molecule has 0 aliphatic heterocycles. The van der Waals surface area contributed by atoms with E-state index < -0.39 is 5.82 Å². The van der Waals surface area contributed by atoms with Gasteiger partial charge in [0, 0.05) is 19.7 Å². The van der Waals surface area contributed by atoms with E-state index in [0.717, 1.165) is 6.54 Å². The van der Waals surface area contributed by atoms with Crippen LogP contribution < -0.4 is 4.74 Å². The van der Waals surface area contributed by atoms with Crippen LogP contribution in [0, 0.1) is 12.7 Å². The Bertz CT molecular complexity index is 749. The molecule has 1 heterocycles. The number of carbonyl (C=O) groups excluding carboxylic acids is 1. The second-order valence-electron chi connectivity index (χ2n) is 5.15. The number of rotatable bonds is 7. The van der Waals surface area contributed by atoms with E-state index in [0.29, 0.717) is 11.4 Å². The van der Waals surface area contributed by atoms with Gasteiger partial charge < -0.3 is 9.64 Å². The quantitative estimate of drug-likeness (QED) is 0.444. The number of carbonyl (C=O) groups is 1. The normalized spacial score (nSPS) is 10.8. The molecular weight excluding hydrogens is 311 g/mol. The highest BCUT2D eigenvalue weighted by atomic mass is 19.1. The summed E-state index contributed by atoms with van der Waals surface area (Å²) in [6.07, 6.45) is 3.18. The Morgan fingerprint density at radius 3 is 2.92 bits per heavy atom. The predicted octanol–water partition coefficient (Wildman–Crippen LogP) is 2.80. The first-order valence-electron chi connectivity index (χ1n) is 7.49. The molecule has 0 saturated heterocycles. The van der Waals surface area contributed by atoms with Gasteiger partial charge >= 0.3 is 0 Å². The largest absolute Gasteiger partial charge is 0.485 e. The number of aliphatic imine (C=N–C) groups is 1. The number of hydrogen-bond acceptors (Lipinski definition) is 5. The zero-order valence-electron chi connectivity index (χ0n) is 13.9. The highest BCUT2D eigenvalue weighted by Crippen LogP contribution is 2.15. The number of halogens is 1. The lowest BCUT2D eigenvalue weighted by molar-refractivity contribution is 0.0910. The number of Topliss-reactive ketones (excluding diaryl/α,β-unsaturated/α-hetero) is 1. The summed E-state index contributed by atoms with van der Waals surface area (Å²) in [5, 5.41) is 0. The Morgan fingerprint density at radius 2 is 2.25 bits per heavy atom. The number of benzene rings is 1. The Balaban J connectivity index is 2.02. The van der Waals surface area contributed by atoms with Crippen LogP contribution in [-0.4, -0.2) is 47.2 Å². The summed E-state index contributed by atoms with van der Waals surface area (Å²) in [5.41, 5.74) is 1.19. The molecule has 126 valence electrons. The summed E-state index contributed by atoms with van der Waals surface area (Å²) in [6, 6.07) is 5.60. The summed E-state index contributed by atoms with van der Waals surface area (Å²) < 4.78 is 18.3. The van der Waals surface area contributed by atoms with Crippen LogP contribution in [0.5, 0.6) is 5.75 Å². The van der Waals surface area contributed by atoms with Crippen molar-refractivity contribution >= 4 is 17.8 Å². The average Bonchev–Trinajstić information content (AvgIpc) is 2.58. The number of ketones is 1. The first-order valence-corrected chi connectivity index (χ1v) is 7.49. The summed E-state index contributed by atoms with van der Waals surface area (Å²) in [7, 11) is 1.90. The third-order valence-corrected chi connectivity index (χ3v) is 3.26. The first-order chi connectivity index (χ1) is 11.5. The predicted molar refractivity (Wildman–Crippen MR) is 89.5 cm³/mol. The molecule has 0 aliphatic rings. The zero-order chi connectivity index (χ0) is 17.5. The minimum atomic E-state index is -0.425. The van der Waals surface area contributed by atoms with E-state index in [1.807, 2.05) is 18.9 Å². The van der Waals surface area contributed by atoms with Gasteiger partial charge in [-0.1, -0.05) is 6.07 Å². The van der Waals surface area contributed by atoms with Crippen LogP contribution in [-0.2, 0) is 0 Å². The van der Waals surface area contributed by atoms with Gasteiger partial charge in [-0.15, -0.1) is 0 Å². The number of ether oxygens (including phenoxy) is 1. The molecular formula is C17H19FN4O2. The average molecular weight is 330 g/mol. The minimum absolute atomic E-state index is 0.0479. The van der Waals surface area contributed by atoms with Gasteiger partial charge in [0.1, 0.15) is 17.3 Å². The Hall–Kier alpha value is -2.83. The van der Waals surface area contributed by atoms with E-state index in [-0.39, 0.29) is 24.0 Å². The van der Waals surface area contributed by atoms with Crippen LogP contribution in [0.3, 0.4) is 0 Å². The molecule has 1 aromatic carbocycles. The van der Waals surface area contributed by atoms with Crippen molar-refractivity contribution < 1.29 is 13.9 Å². The van der Waals surface area contributed by atoms with Crippen molar-refractivity contribution in [3.05, 3.63) is 47.8 Å². The van der Waals surface area contributed by atoms with Gasteiger partial charge in [-0.3, -0.25) is 4.79 Å². The molecule has 2 rings (SSSR count). The number of nitrogens with zero attached hydrogens (tertiary/aromatic N) is 4. The second-order valence-corrected chi connectivity index (χ2v) is 5.15. The van der Waals surface area contributed by atoms with Crippen molar-refractivity contribution in [2.45, 2.75) is 13.8 Å². The maximum Gasteiger partial charge on any atom is 0.237 e. The van der Waals surface area contributed by atoms with Crippen LogP contribution in [0.2, 0.25) is 0 Å². The smallest absolute Gasteiger partial charge is 0.237 e. The maximum atomic E-state index is 13.1.